The summed E-state index contributed by atoms with van der Waals surface area (Å²) in [5, 5.41) is 11.6. The molecule has 0 spiro atoms. The molecule has 1 unspecified atom stereocenters. The highest BCUT2D eigenvalue weighted by Gasteiger charge is 2.43. The Morgan fingerprint density at radius 2 is 1.17 bits per heavy atom. The minimum absolute atomic E-state index is 0.220. The van der Waals surface area contributed by atoms with Gasteiger partial charge in [-0.25, -0.2) is 4.99 Å². The molecule has 11 rings (SSSR count). The molecule has 2 heterocycles. The molecule has 0 bridgehead atoms. The minimum Gasteiger partial charge on any atom is -0.349 e. The Morgan fingerprint density at radius 1 is 0.542 bits per heavy atom. The molecule has 8 aromatic rings. The van der Waals surface area contributed by atoms with Crippen molar-refractivity contribution in [3.63, 3.8) is 0 Å². The molecule has 1 N–H and O–H groups in total. The summed E-state index contributed by atoms with van der Waals surface area (Å²) in [6.07, 6.45) is -0.337. The van der Waals surface area contributed by atoms with Gasteiger partial charge in [0, 0.05) is 33.0 Å². The summed E-state index contributed by atoms with van der Waals surface area (Å²) in [7, 11) is 0. The lowest BCUT2D eigenvalue weighted by atomic mass is 9.84. The molecule has 0 amide bonds. The molecule has 1 aromatic heterocycles. The fourth-order valence-corrected chi connectivity index (χ4v) is 8.96. The molecule has 3 aliphatic rings. The zero-order chi connectivity index (χ0) is 31.7. The van der Waals surface area contributed by atoms with Crippen molar-refractivity contribution in [2.24, 2.45) is 4.99 Å². The number of aromatic nitrogens is 1. The maximum absolute atomic E-state index is 5.77. The normalized spacial score (nSPS) is 17.1. The van der Waals surface area contributed by atoms with Gasteiger partial charge in [0.1, 0.15) is 0 Å². The van der Waals surface area contributed by atoms with E-state index in [0.717, 1.165) is 5.71 Å². The van der Waals surface area contributed by atoms with Crippen molar-refractivity contribution in [1.29, 1.82) is 0 Å². The maximum Gasteiger partial charge on any atom is 0.201 e. The van der Waals surface area contributed by atoms with Crippen LogP contribution in [-0.2, 0) is 5.41 Å². The Balaban J connectivity index is 1.22. The van der Waals surface area contributed by atoms with E-state index in [4.69, 9.17) is 4.99 Å². The van der Waals surface area contributed by atoms with Gasteiger partial charge in [0.05, 0.1) is 16.7 Å². The molecular weight excluding hydrogens is 583 g/mol. The summed E-state index contributed by atoms with van der Waals surface area (Å²) in [5.74, 6) is 0. The number of hydrogen-bond acceptors (Lipinski definition) is 2. The van der Waals surface area contributed by atoms with E-state index in [1.807, 2.05) is 0 Å². The van der Waals surface area contributed by atoms with E-state index in [1.54, 1.807) is 0 Å². The van der Waals surface area contributed by atoms with Gasteiger partial charge in [-0.05, 0) is 73.1 Å². The lowest BCUT2D eigenvalue weighted by Gasteiger charge is -2.33. The molecule has 3 nitrogen and oxygen atoms in total. The number of allylic oxidation sites excluding steroid dienone is 2. The van der Waals surface area contributed by atoms with Gasteiger partial charge in [-0.1, -0.05) is 135 Å². The number of nitrogens with zero attached hydrogens (tertiary/aromatic N) is 2. The first kappa shape index (κ1) is 26.2. The molecule has 226 valence electrons. The number of para-hydroxylation sites is 1. The first-order chi connectivity index (χ1) is 23.6. The van der Waals surface area contributed by atoms with E-state index in [0.29, 0.717) is 0 Å². The predicted molar refractivity (Wildman–Crippen MR) is 200 cm³/mol. The van der Waals surface area contributed by atoms with Crippen molar-refractivity contribution < 1.29 is 0 Å². The van der Waals surface area contributed by atoms with Gasteiger partial charge in [0.2, 0.25) is 6.29 Å². The van der Waals surface area contributed by atoms with E-state index in [-0.39, 0.29) is 11.7 Å². The van der Waals surface area contributed by atoms with Crippen LogP contribution in [-0.4, -0.2) is 10.3 Å². The summed E-state index contributed by atoms with van der Waals surface area (Å²) < 4.78 is 2.43. The average molecular weight is 614 g/mol. The van der Waals surface area contributed by atoms with Crippen molar-refractivity contribution in [2.45, 2.75) is 25.6 Å². The van der Waals surface area contributed by atoms with Crippen LogP contribution in [0.4, 0.5) is 0 Å². The molecule has 2 aliphatic carbocycles. The van der Waals surface area contributed by atoms with Gasteiger partial charge in [0.15, 0.2) is 0 Å². The summed E-state index contributed by atoms with van der Waals surface area (Å²) in [6.45, 7) is 4.70. The molecule has 0 fully saturated rings. The Morgan fingerprint density at radius 3 is 2.00 bits per heavy atom. The van der Waals surface area contributed by atoms with E-state index in [2.05, 4.69) is 163 Å². The van der Waals surface area contributed by atoms with E-state index in [9.17, 15) is 0 Å². The number of hydrogen-bond donors (Lipinski definition) is 1. The summed E-state index contributed by atoms with van der Waals surface area (Å²) in [4.78, 5) is 5.77. The zero-order valence-electron chi connectivity index (χ0n) is 26.8. The fourth-order valence-electron chi connectivity index (χ4n) is 8.96. The third kappa shape index (κ3) is 3.26. The van der Waals surface area contributed by atoms with Crippen LogP contribution in [0.5, 0.6) is 0 Å². The van der Waals surface area contributed by atoms with Crippen molar-refractivity contribution in [3.8, 4) is 22.3 Å². The van der Waals surface area contributed by atoms with Crippen LogP contribution in [0.3, 0.4) is 0 Å². The smallest absolute Gasteiger partial charge is 0.201 e. The summed E-state index contributed by atoms with van der Waals surface area (Å²) in [6, 6.07) is 51.3. The minimum atomic E-state index is -0.337. The molecule has 48 heavy (non-hydrogen) atoms. The van der Waals surface area contributed by atoms with Gasteiger partial charge in [-0.2, -0.15) is 0 Å². The molecule has 1 atom stereocenters. The van der Waals surface area contributed by atoms with E-state index >= 15 is 0 Å². The van der Waals surface area contributed by atoms with Crippen molar-refractivity contribution in [2.75, 3.05) is 0 Å². The van der Waals surface area contributed by atoms with Crippen LogP contribution in [0.1, 0.15) is 36.8 Å². The highest BCUT2D eigenvalue weighted by atomic mass is 15.3. The quantitative estimate of drug-likeness (QED) is 0.206. The Hall–Kier alpha value is -5.93. The molecule has 0 radical (unpaired) electrons. The molecule has 0 saturated carbocycles. The number of fused-ring (bicyclic) bond motifs is 9. The second-order valence-corrected chi connectivity index (χ2v) is 14.0. The maximum atomic E-state index is 5.77. The summed E-state index contributed by atoms with van der Waals surface area (Å²) in [5.41, 5.74) is 14.7. The molecule has 1 aliphatic heterocycles. The fraction of sp³-hybridized carbons (Fsp3) is 0.0889. The van der Waals surface area contributed by atoms with E-state index < -0.39 is 0 Å². The Kier molecular flexibility index (Phi) is 4.97. The van der Waals surface area contributed by atoms with Gasteiger partial charge in [0.25, 0.3) is 0 Å². The Bertz CT molecular complexity index is 2760. The first-order valence-electron chi connectivity index (χ1n) is 16.8. The van der Waals surface area contributed by atoms with Crippen LogP contribution in [0.15, 0.2) is 150 Å². The van der Waals surface area contributed by atoms with Crippen LogP contribution < -0.4 is 5.32 Å². The highest BCUT2D eigenvalue weighted by Crippen LogP contribution is 2.52. The Labute approximate surface area is 278 Å². The third-order valence-corrected chi connectivity index (χ3v) is 11.1. The van der Waals surface area contributed by atoms with Crippen molar-refractivity contribution >= 4 is 54.6 Å². The van der Waals surface area contributed by atoms with E-state index in [1.165, 1.54) is 93.6 Å². The number of benzene rings is 7. The van der Waals surface area contributed by atoms with Gasteiger partial charge in [-0.15, -0.1) is 0 Å². The van der Waals surface area contributed by atoms with Gasteiger partial charge in [-0.3, -0.25) is 0 Å². The SMILES string of the molecule is CC1(C)C2=C(C(c3ccc4c5c(cccc35)-c3ccccc3-4)=NC(n3c4ccccc4c4cc5ccccc5cc43)N2)c2ccccc21. The second-order valence-electron chi connectivity index (χ2n) is 14.0. The van der Waals surface area contributed by atoms with Crippen LogP contribution >= 0.6 is 0 Å². The lowest BCUT2D eigenvalue weighted by Crippen LogP contribution is -2.36. The standard InChI is InChI=1S/C45H31N3/c1-45(2)37-20-9-7-17-35(37)41-42(34-23-22-33-29-15-6-5-14-28(29)31-18-11-19-32(34)40(31)33)46-44(47-43(41)45)48-38-21-10-8-16-30(38)36-24-26-12-3-4-13-27(26)25-39(36)48/h3-25,44,47H,1-2H3. The van der Waals surface area contributed by atoms with Gasteiger partial charge >= 0.3 is 0 Å². The third-order valence-electron chi connectivity index (χ3n) is 11.1. The van der Waals surface area contributed by atoms with Crippen LogP contribution in [0.2, 0.25) is 0 Å². The largest absolute Gasteiger partial charge is 0.349 e. The summed E-state index contributed by atoms with van der Waals surface area (Å²) >= 11 is 0. The van der Waals surface area contributed by atoms with Crippen LogP contribution in [0, 0.1) is 0 Å². The van der Waals surface area contributed by atoms with Crippen LogP contribution in [0.25, 0.3) is 71.2 Å². The monoisotopic (exact) mass is 613 g/mol. The highest BCUT2D eigenvalue weighted by molar-refractivity contribution is 6.38. The average Bonchev–Trinajstić information content (AvgIpc) is 3.71. The molecular formula is C45H31N3. The number of nitrogens with one attached hydrogen (secondary N) is 1. The second kappa shape index (κ2) is 9.11. The molecule has 3 heteroatoms. The first-order valence-corrected chi connectivity index (χ1v) is 16.8. The lowest BCUT2D eigenvalue weighted by molar-refractivity contribution is 0.438. The van der Waals surface area contributed by atoms with Gasteiger partial charge < -0.3 is 9.88 Å². The molecule has 7 aromatic carbocycles. The topological polar surface area (TPSA) is 29.3 Å². The zero-order valence-corrected chi connectivity index (χ0v) is 26.8. The van der Waals surface area contributed by atoms with Crippen molar-refractivity contribution in [3.05, 3.63) is 162 Å². The predicted octanol–water partition coefficient (Wildman–Crippen LogP) is 11.0. The van der Waals surface area contributed by atoms with Crippen molar-refractivity contribution in [1.82, 2.24) is 9.88 Å². The number of aliphatic imine (C=N–C) groups is 1. The molecule has 0 saturated heterocycles. The number of rotatable bonds is 2.